The van der Waals surface area contributed by atoms with Gasteiger partial charge in [0, 0.05) is 32.6 Å². The van der Waals surface area contributed by atoms with Crippen LogP contribution in [0.3, 0.4) is 0 Å². The lowest BCUT2D eigenvalue weighted by atomic mass is 9.97. The molecule has 0 bridgehead atoms. The molecule has 2 aromatic carbocycles. The van der Waals surface area contributed by atoms with Crippen LogP contribution in [-0.4, -0.2) is 42.0 Å². The van der Waals surface area contributed by atoms with E-state index in [0.29, 0.717) is 17.7 Å². The van der Waals surface area contributed by atoms with Crippen molar-refractivity contribution in [2.45, 2.75) is 12.8 Å². The third-order valence-electron chi connectivity index (χ3n) is 6.59. The molecule has 1 aliphatic heterocycles. The molecular formula is C33H31NO3S. The molecule has 2 aliphatic rings. The zero-order valence-corrected chi connectivity index (χ0v) is 22.1. The molecule has 192 valence electrons. The number of hydrogen-bond donors (Lipinski definition) is 1. The summed E-state index contributed by atoms with van der Waals surface area (Å²) >= 11 is 1.51. The van der Waals surface area contributed by atoms with Crippen LogP contribution in [0.2, 0.25) is 0 Å². The van der Waals surface area contributed by atoms with Crippen LogP contribution in [0, 0.1) is 0 Å². The van der Waals surface area contributed by atoms with Crippen molar-refractivity contribution in [3.63, 3.8) is 0 Å². The highest BCUT2D eigenvalue weighted by Crippen LogP contribution is 2.39. The van der Waals surface area contributed by atoms with E-state index >= 15 is 0 Å². The van der Waals surface area contributed by atoms with E-state index < -0.39 is 0 Å². The van der Waals surface area contributed by atoms with Crippen molar-refractivity contribution in [2.24, 2.45) is 0 Å². The SMILES string of the molecule is O=C(c1ccc(OCCN2CCCC2)cc1)c1c(C2=CC=CC=CC=CC=CC=C2)sc2cc(O)ccc12. The maximum atomic E-state index is 13.9. The fraction of sp³-hybridized carbons (Fsp3) is 0.182. The number of nitrogens with zero attached hydrogens (tertiary/aromatic N) is 1. The van der Waals surface area contributed by atoms with Gasteiger partial charge < -0.3 is 9.84 Å². The third kappa shape index (κ3) is 6.31. The molecule has 5 rings (SSSR count). The van der Waals surface area contributed by atoms with E-state index in [9.17, 15) is 9.90 Å². The highest BCUT2D eigenvalue weighted by Gasteiger charge is 2.22. The number of aromatic hydroxyl groups is 1. The minimum absolute atomic E-state index is 0.0525. The van der Waals surface area contributed by atoms with E-state index in [-0.39, 0.29) is 11.5 Å². The molecule has 38 heavy (non-hydrogen) atoms. The summed E-state index contributed by atoms with van der Waals surface area (Å²) in [5.41, 5.74) is 2.17. The van der Waals surface area contributed by atoms with Gasteiger partial charge >= 0.3 is 0 Å². The van der Waals surface area contributed by atoms with Gasteiger partial charge in [-0.2, -0.15) is 0 Å². The lowest BCUT2D eigenvalue weighted by Gasteiger charge is -2.15. The number of ketones is 1. The van der Waals surface area contributed by atoms with Crippen LogP contribution in [0.4, 0.5) is 0 Å². The Hall–Kier alpha value is -3.93. The maximum Gasteiger partial charge on any atom is 0.195 e. The third-order valence-corrected chi connectivity index (χ3v) is 7.80. The number of ether oxygens (including phenoxy) is 1. The van der Waals surface area contributed by atoms with Gasteiger partial charge in [0.15, 0.2) is 5.78 Å². The Kier molecular flexibility index (Phi) is 8.49. The fourth-order valence-corrected chi connectivity index (χ4v) is 5.87. The van der Waals surface area contributed by atoms with Crippen LogP contribution in [0.15, 0.2) is 109 Å². The molecule has 0 amide bonds. The topological polar surface area (TPSA) is 49.8 Å². The highest BCUT2D eigenvalue weighted by molar-refractivity contribution is 7.20. The van der Waals surface area contributed by atoms with Gasteiger partial charge in [0.1, 0.15) is 18.1 Å². The molecule has 0 saturated carbocycles. The van der Waals surface area contributed by atoms with Gasteiger partial charge in [0.25, 0.3) is 0 Å². The summed E-state index contributed by atoms with van der Waals surface area (Å²) in [7, 11) is 0. The molecule has 0 unspecified atom stereocenters. The number of hydrogen-bond acceptors (Lipinski definition) is 5. The van der Waals surface area contributed by atoms with Crippen molar-refractivity contribution < 1.29 is 14.6 Å². The van der Waals surface area contributed by atoms with Crippen molar-refractivity contribution in [1.82, 2.24) is 4.90 Å². The van der Waals surface area contributed by atoms with E-state index in [4.69, 9.17) is 4.74 Å². The number of carbonyl (C=O) groups is 1. The molecule has 1 N–H and O–H groups in total. The summed E-state index contributed by atoms with van der Waals surface area (Å²) in [6, 6.07) is 12.6. The Morgan fingerprint density at radius 3 is 2.29 bits per heavy atom. The molecule has 1 aliphatic carbocycles. The predicted molar refractivity (Wildman–Crippen MR) is 158 cm³/mol. The summed E-state index contributed by atoms with van der Waals surface area (Å²) in [5.74, 6) is 0.899. The van der Waals surface area contributed by atoms with Crippen LogP contribution < -0.4 is 4.74 Å². The number of phenolic OH excluding ortho intramolecular Hbond substituents is 1. The van der Waals surface area contributed by atoms with Gasteiger partial charge in [-0.25, -0.2) is 0 Å². The van der Waals surface area contributed by atoms with Gasteiger partial charge in [-0.3, -0.25) is 9.69 Å². The second kappa shape index (κ2) is 12.5. The van der Waals surface area contributed by atoms with Crippen molar-refractivity contribution in [1.29, 1.82) is 0 Å². The molecule has 0 radical (unpaired) electrons. The zero-order valence-electron chi connectivity index (χ0n) is 21.3. The van der Waals surface area contributed by atoms with Crippen LogP contribution >= 0.6 is 11.3 Å². The second-order valence-electron chi connectivity index (χ2n) is 9.26. The van der Waals surface area contributed by atoms with E-state index in [1.165, 1.54) is 24.2 Å². The average molecular weight is 522 g/mol. The van der Waals surface area contributed by atoms with Gasteiger partial charge in [-0.15, -0.1) is 11.3 Å². The summed E-state index contributed by atoms with van der Waals surface area (Å²) < 4.78 is 6.81. The first-order valence-corrected chi connectivity index (χ1v) is 13.8. The number of benzene rings is 2. The Balaban J connectivity index is 1.45. The van der Waals surface area contributed by atoms with Gasteiger partial charge in [-0.1, -0.05) is 66.8 Å². The zero-order chi connectivity index (χ0) is 26.2. The van der Waals surface area contributed by atoms with E-state index in [1.807, 2.05) is 97.2 Å². The number of thiophene rings is 1. The first-order valence-electron chi connectivity index (χ1n) is 13.0. The molecule has 1 aromatic heterocycles. The van der Waals surface area contributed by atoms with Crippen LogP contribution in [0.5, 0.6) is 11.5 Å². The molecule has 4 nitrogen and oxygen atoms in total. The van der Waals surface area contributed by atoms with Crippen LogP contribution in [-0.2, 0) is 0 Å². The molecule has 1 fully saturated rings. The normalized spacial score (nSPS) is 15.9. The van der Waals surface area contributed by atoms with E-state index in [2.05, 4.69) is 4.90 Å². The minimum Gasteiger partial charge on any atom is -0.508 e. The number of allylic oxidation sites excluding steroid dienone is 12. The van der Waals surface area contributed by atoms with Crippen molar-refractivity contribution in [3.8, 4) is 11.5 Å². The molecule has 2 heterocycles. The Labute approximate surface area is 227 Å². The lowest BCUT2D eigenvalue weighted by molar-refractivity contribution is 0.104. The summed E-state index contributed by atoms with van der Waals surface area (Å²) in [5, 5.41) is 11.0. The number of rotatable bonds is 7. The maximum absolute atomic E-state index is 13.9. The molecular weight excluding hydrogens is 490 g/mol. The Bertz CT molecular complexity index is 1460. The molecule has 1 saturated heterocycles. The fourth-order valence-electron chi connectivity index (χ4n) is 4.63. The predicted octanol–water partition coefficient (Wildman–Crippen LogP) is 7.49. The smallest absolute Gasteiger partial charge is 0.195 e. The summed E-state index contributed by atoms with van der Waals surface area (Å²) in [4.78, 5) is 17.2. The largest absolute Gasteiger partial charge is 0.508 e. The number of fused-ring (bicyclic) bond motifs is 1. The quantitative estimate of drug-likeness (QED) is 0.327. The first-order chi connectivity index (χ1) is 18.7. The second-order valence-corrected chi connectivity index (χ2v) is 10.3. The minimum atomic E-state index is -0.0525. The molecule has 5 heteroatoms. The highest BCUT2D eigenvalue weighted by atomic mass is 32.1. The van der Waals surface area contributed by atoms with Crippen LogP contribution in [0.1, 0.15) is 33.6 Å². The number of phenols is 1. The molecule has 0 atom stereocenters. The number of carbonyl (C=O) groups excluding carboxylic acids is 1. The first kappa shape index (κ1) is 25.7. The Morgan fingerprint density at radius 1 is 0.868 bits per heavy atom. The standard InChI is InChI=1S/C33H31NO3S/c35-27-16-19-29-30(24-27)38-33(26-12-8-6-4-2-1-3-5-7-9-13-26)31(29)32(36)25-14-17-28(18-15-25)37-23-22-34-20-10-11-21-34/h1-9,12-19,24,35H,10-11,20-23H2. The lowest BCUT2D eigenvalue weighted by Crippen LogP contribution is -2.25. The van der Waals surface area contributed by atoms with Gasteiger partial charge in [0.2, 0.25) is 0 Å². The van der Waals surface area contributed by atoms with Crippen molar-refractivity contribution in [3.05, 3.63) is 125 Å². The Morgan fingerprint density at radius 2 is 1.55 bits per heavy atom. The average Bonchev–Trinajstić information content (AvgIpc) is 3.57. The van der Waals surface area contributed by atoms with E-state index in [1.54, 1.807) is 12.1 Å². The van der Waals surface area contributed by atoms with Crippen molar-refractivity contribution in [2.75, 3.05) is 26.2 Å². The van der Waals surface area contributed by atoms with Crippen LogP contribution in [0.25, 0.3) is 15.7 Å². The van der Waals surface area contributed by atoms with Crippen molar-refractivity contribution >= 4 is 32.8 Å². The monoisotopic (exact) mass is 521 g/mol. The summed E-state index contributed by atoms with van der Waals surface area (Å²) in [6.45, 7) is 3.87. The van der Waals surface area contributed by atoms with Gasteiger partial charge in [-0.05, 0) is 74.0 Å². The number of likely N-dealkylation sites (tertiary alicyclic amines) is 1. The van der Waals surface area contributed by atoms with E-state index in [0.717, 1.165) is 45.9 Å². The summed E-state index contributed by atoms with van der Waals surface area (Å²) in [6.07, 6.45) is 24.3. The molecule has 0 spiro atoms. The van der Waals surface area contributed by atoms with Gasteiger partial charge in [0.05, 0.1) is 0 Å². The molecule has 3 aromatic rings.